The highest BCUT2D eigenvalue weighted by atomic mass is 19.4. The summed E-state index contributed by atoms with van der Waals surface area (Å²) in [6, 6.07) is 3.30. The lowest BCUT2D eigenvalue weighted by molar-refractivity contribution is -0.139. The summed E-state index contributed by atoms with van der Waals surface area (Å²) in [5.41, 5.74) is -0.833. The monoisotopic (exact) mass is 291 g/mol. The molecule has 1 unspecified atom stereocenters. The molecular formula is C12H12F3NO4. The van der Waals surface area contributed by atoms with Gasteiger partial charge in [-0.3, -0.25) is 0 Å². The molecule has 1 amide bonds. The van der Waals surface area contributed by atoms with Crippen molar-refractivity contribution in [2.75, 3.05) is 13.2 Å². The third kappa shape index (κ3) is 3.32. The van der Waals surface area contributed by atoms with Gasteiger partial charge in [0, 0.05) is 0 Å². The normalized spacial score (nSPS) is 18.6. The number of carbonyl (C=O) groups excluding carboxylic acids is 1. The molecule has 1 aromatic rings. The Morgan fingerprint density at radius 1 is 1.45 bits per heavy atom. The fraction of sp³-hybridized carbons (Fsp3) is 0.417. The van der Waals surface area contributed by atoms with Crippen molar-refractivity contribution in [3.05, 3.63) is 29.3 Å². The van der Waals surface area contributed by atoms with Gasteiger partial charge in [0.15, 0.2) is 6.10 Å². The van der Waals surface area contributed by atoms with E-state index in [1.165, 1.54) is 6.07 Å². The van der Waals surface area contributed by atoms with E-state index in [0.29, 0.717) is 0 Å². The highest BCUT2D eigenvalue weighted by molar-refractivity contribution is 5.69. The topological polar surface area (TPSA) is 67.8 Å². The number of hydrogen-bond acceptors (Lipinski definition) is 4. The maximum Gasteiger partial charge on any atom is 0.419 e. The van der Waals surface area contributed by atoms with Gasteiger partial charge in [-0.25, -0.2) is 4.79 Å². The van der Waals surface area contributed by atoms with E-state index in [0.717, 1.165) is 12.1 Å². The van der Waals surface area contributed by atoms with Gasteiger partial charge in [0.1, 0.15) is 12.4 Å². The third-order valence-electron chi connectivity index (χ3n) is 2.70. The zero-order valence-corrected chi connectivity index (χ0v) is 10.2. The molecule has 0 spiro atoms. The number of benzene rings is 1. The van der Waals surface area contributed by atoms with Gasteiger partial charge in [-0.1, -0.05) is 6.07 Å². The van der Waals surface area contributed by atoms with E-state index in [1.807, 2.05) is 0 Å². The second-order valence-electron chi connectivity index (χ2n) is 4.21. The molecule has 8 heteroatoms. The smallest absolute Gasteiger partial charge is 0.419 e. The molecule has 0 bridgehead atoms. The number of aliphatic hydroxyl groups excluding tert-OH is 1. The van der Waals surface area contributed by atoms with Crippen molar-refractivity contribution in [2.24, 2.45) is 0 Å². The minimum absolute atomic E-state index is 0.138. The molecule has 110 valence electrons. The van der Waals surface area contributed by atoms with Gasteiger partial charge in [-0.15, -0.1) is 0 Å². The minimum Gasteiger partial charge on any atom is -0.489 e. The fourth-order valence-electron chi connectivity index (χ4n) is 1.73. The predicted octanol–water partition coefficient (Wildman–Crippen LogP) is 1.68. The maximum atomic E-state index is 12.9. The number of alkyl halides is 3. The Hall–Kier alpha value is -1.96. The summed E-state index contributed by atoms with van der Waals surface area (Å²) >= 11 is 0. The van der Waals surface area contributed by atoms with Crippen LogP contribution in [0.1, 0.15) is 11.1 Å². The Bertz CT molecular complexity index is 504. The number of halogens is 3. The molecule has 0 aliphatic carbocycles. The van der Waals surface area contributed by atoms with Crippen LogP contribution >= 0.6 is 0 Å². The van der Waals surface area contributed by atoms with E-state index in [9.17, 15) is 18.0 Å². The lowest BCUT2D eigenvalue weighted by Crippen LogP contribution is -2.23. The van der Waals surface area contributed by atoms with Gasteiger partial charge in [0.2, 0.25) is 0 Å². The van der Waals surface area contributed by atoms with Gasteiger partial charge in [0.05, 0.1) is 18.7 Å². The first kappa shape index (κ1) is 14.4. The molecule has 2 rings (SSSR count). The zero-order valence-electron chi connectivity index (χ0n) is 10.2. The average Bonchev–Trinajstić information content (AvgIpc) is 2.81. The van der Waals surface area contributed by atoms with E-state index < -0.39 is 30.5 Å². The van der Waals surface area contributed by atoms with Crippen LogP contribution in [-0.2, 0) is 17.5 Å². The van der Waals surface area contributed by atoms with Gasteiger partial charge in [-0.05, 0) is 17.7 Å². The number of rotatable bonds is 4. The van der Waals surface area contributed by atoms with Crippen LogP contribution in [0.5, 0.6) is 5.75 Å². The van der Waals surface area contributed by atoms with Crippen molar-refractivity contribution in [3.8, 4) is 5.75 Å². The van der Waals surface area contributed by atoms with Crippen LogP contribution in [-0.4, -0.2) is 30.5 Å². The molecule has 1 atom stereocenters. The van der Waals surface area contributed by atoms with Crippen molar-refractivity contribution in [2.45, 2.75) is 18.9 Å². The average molecular weight is 291 g/mol. The Balaban J connectivity index is 2.12. The van der Waals surface area contributed by atoms with Crippen LogP contribution in [0.25, 0.3) is 0 Å². The predicted molar refractivity (Wildman–Crippen MR) is 61.1 cm³/mol. The van der Waals surface area contributed by atoms with E-state index in [-0.39, 0.29) is 24.5 Å². The van der Waals surface area contributed by atoms with E-state index in [1.54, 1.807) is 0 Å². The molecule has 1 saturated heterocycles. The van der Waals surface area contributed by atoms with Crippen molar-refractivity contribution in [1.29, 1.82) is 0 Å². The van der Waals surface area contributed by atoms with E-state index >= 15 is 0 Å². The van der Waals surface area contributed by atoms with E-state index in [4.69, 9.17) is 14.6 Å². The van der Waals surface area contributed by atoms with Crippen molar-refractivity contribution < 1.29 is 32.5 Å². The first-order valence-corrected chi connectivity index (χ1v) is 5.78. The second kappa shape index (κ2) is 5.58. The van der Waals surface area contributed by atoms with Crippen LogP contribution in [0.2, 0.25) is 0 Å². The second-order valence-corrected chi connectivity index (χ2v) is 4.21. The summed E-state index contributed by atoms with van der Waals surface area (Å²) in [6.07, 6.45) is -5.84. The van der Waals surface area contributed by atoms with Gasteiger partial charge in [-0.2, -0.15) is 13.2 Å². The number of aliphatic hydroxyl groups is 1. The van der Waals surface area contributed by atoms with Gasteiger partial charge in [0.25, 0.3) is 0 Å². The number of alkyl carbamates (subject to hydrolysis) is 1. The summed E-state index contributed by atoms with van der Waals surface area (Å²) in [5, 5.41) is 11.2. The molecule has 1 aliphatic rings. The highest BCUT2D eigenvalue weighted by Gasteiger charge is 2.35. The first-order valence-electron chi connectivity index (χ1n) is 5.78. The number of nitrogens with one attached hydrogen (secondary N) is 1. The SMILES string of the molecule is O=C1NCC(COc2ccc(CO)cc2C(F)(F)F)O1. The van der Waals surface area contributed by atoms with Crippen LogP contribution < -0.4 is 10.1 Å². The van der Waals surface area contributed by atoms with Crippen LogP contribution in [0, 0.1) is 0 Å². The molecule has 0 saturated carbocycles. The number of ether oxygens (including phenoxy) is 2. The fourth-order valence-corrected chi connectivity index (χ4v) is 1.73. The standard InChI is InChI=1S/C12H12F3NO4/c13-12(14,15)9-3-7(5-17)1-2-10(9)19-6-8-4-16-11(18)20-8/h1-3,8,17H,4-6H2,(H,16,18). The summed E-state index contributed by atoms with van der Waals surface area (Å²) in [7, 11) is 0. The summed E-state index contributed by atoms with van der Waals surface area (Å²) in [5.74, 6) is -0.363. The molecule has 0 radical (unpaired) electrons. The molecule has 20 heavy (non-hydrogen) atoms. The summed E-state index contributed by atoms with van der Waals surface area (Å²) < 4.78 is 48.4. The van der Waals surface area contributed by atoms with Crippen molar-refractivity contribution in [1.82, 2.24) is 5.32 Å². The van der Waals surface area contributed by atoms with Crippen molar-refractivity contribution >= 4 is 6.09 Å². The number of carbonyl (C=O) groups is 1. The van der Waals surface area contributed by atoms with Crippen LogP contribution in [0.3, 0.4) is 0 Å². The Kier molecular flexibility index (Phi) is 4.03. The Morgan fingerprint density at radius 3 is 2.75 bits per heavy atom. The molecule has 5 nitrogen and oxygen atoms in total. The molecule has 0 aromatic heterocycles. The summed E-state index contributed by atoms with van der Waals surface area (Å²) in [4.78, 5) is 10.8. The Morgan fingerprint density at radius 2 is 2.20 bits per heavy atom. The zero-order chi connectivity index (χ0) is 14.8. The molecule has 1 aliphatic heterocycles. The quantitative estimate of drug-likeness (QED) is 0.885. The number of amides is 1. The van der Waals surface area contributed by atoms with Crippen LogP contribution in [0.15, 0.2) is 18.2 Å². The maximum absolute atomic E-state index is 12.9. The first-order chi connectivity index (χ1) is 9.40. The number of cyclic esters (lactones) is 1. The molecule has 1 fully saturated rings. The molecular weight excluding hydrogens is 279 g/mol. The molecule has 1 heterocycles. The third-order valence-corrected chi connectivity index (χ3v) is 2.70. The molecule has 2 N–H and O–H groups in total. The molecule has 1 aromatic carbocycles. The lowest BCUT2D eigenvalue weighted by atomic mass is 10.1. The van der Waals surface area contributed by atoms with Gasteiger partial charge < -0.3 is 19.9 Å². The Labute approximate surface area is 112 Å². The lowest BCUT2D eigenvalue weighted by Gasteiger charge is -2.16. The highest BCUT2D eigenvalue weighted by Crippen LogP contribution is 2.37. The van der Waals surface area contributed by atoms with Gasteiger partial charge >= 0.3 is 12.3 Å². The summed E-state index contributed by atoms with van der Waals surface area (Å²) in [6.45, 7) is -0.483. The number of hydrogen-bond donors (Lipinski definition) is 2. The minimum atomic E-state index is -4.59. The van der Waals surface area contributed by atoms with E-state index in [2.05, 4.69) is 5.32 Å². The van der Waals surface area contributed by atoms with Crippen molar-refractivity contribution in [3.63, 3.8) is 0 Å². The van der Waals surface area contributed by atoms with Crippen LogP contribution in [0.4, 0.5) is 18.0 Å². The largest absolute Gasteiger partial charge is 0.489 e.